The van der Waals surface area contributed by atoms with Crippen molar-refractivity contribution in [3.63, 3.8) is 0 Å². The number of amides is 2. The van der Waals surface area contributed by atoms with Gasteiger partial charge in [0, 0.05) is 0 Å². The molecule has 9 heteroatoms. The number of benzene rings is 2. The quantitative estimate of drug-likeness (QED) is 0.779. The van der Waals surface area contributed by atoms with Crippen LogP contribution in [-0.4, -0.2) is 31.3 Å². The van der Waals surface area contributed by atoms with Gasteiger partial charge in [0.15, 0.2) is 0 Å². The van der Waals surface area contributed by atoms with Crippen molar-refractivity contribution < 1.29 is 27.6 Å². The molecule has 134 valence electrons. The summed E-state index contributed by atoms with van der Waals surface area (Å²) in [7, 11) is -3.84. The molecule has 0 aliphatic carbocycles. The molecule has 0 atom stereocenters. The molecule has 2 aromatic rings. The van der Waals surface area contributed by atoms with E-state index in [0.717, 1.165) is 0 Å². The average Bonchev–Trinajstić information content (AvgIpc) is 2.85. The average molecular weight is 374 g/mol. The van der Waals surface area contributed by atoms with E-state index in [1.165, 1.54) is 30.3 Å². The van der Waals surface area contributed by atoms with Gasteiger partial charge in [-0.1, -0.05) is 29.3 Å². The summed E-state index contributed by atoms with van der Waals surface area (Å²) in [4.78, 5) is 41.0. The summed E-state index contributed by atoms with van der Waals surface area (Å²) in [5.74, 6) is -2.19. The number of nitrogens with zero attached hydrogens (tertiary/aromatic N) is 1. The van der Waals surface area contributed by atoms with Crippen LogP contribution in [0.5, 0.6) is 0 Å². The highest BCUT2D eigenvalue weighted by Crippen LogP contribution is 2.23. The number of carbonyl (C=O) groups excluding carboxylic acids is 3. The second kappa shape index (κ2) is 6.70. The van der Waals surface area contributed by atoms with E-state index in [1.54, 1.807) is 18.2 Å². The van der Waals surface area contributed by atoms with E-state index in [4.69, 9.17) is 9.98 Å². The summed E-state index contributed by atoms with van der Waals surface area (Å²) in [6.45, 7) is 0. The van der Waals surface area contributed by atoms with Crippen molar-refractivity contribution in [1.29, 1.82) is 0 Å². The van der Waals surface area contributed by atoms with Crippen molar-refractivity contribution in [2.75, 3.05) is 0 Å². The monoisotopic (exact) mass is 374 g/mol. The number of nitrogens with two attached hydrogens (primary N) is 1. The van der Waals surface area contributed by atoms with Crippen LogP contribution in [0.1, 0.15) is 32.7 Å². The number of imide groups is 1. The molecule has 0 saturated heterocycles. The van der Waals surface area contributed by atoms with Crippen molar-refractivity contribution in [2.45, 2.75) is 17.7 Å². The fraction of sp³-hybridized carbons (Fsp3) is 0.118. The van der Waals surface area contributed by atoms with Crippen molar-refractivity contribution in [3.8, 4) is 0 Å². The Morgan fingerprint density at radius 3 is 2.19 bits per heavy atom. The van der Waals surface area contributed by atoms with Gasteiger partial charge in [-0.2, -0.15) is 0 Å². The molecular weight excluding hydrogens is 360 g/mol. The highest BCUT2D eigenvalue weighted by molar-refractivity contribution is 7.89. The van der Waals surface area contributed by atoms with Gasteiger partial charge in [-0.25, -0.2) is 18.4 Å². The van der Waals surface area contributed by atoms with Gasteiger partial charge in [-0.15, -0.1) is 0 Å². The predicted octanol–water partition coefficient (Wildman–Crippen LogP) is 1.02. The minimum atomic E-state index is -3.84. The summed E-state index contributed by atoms with van der Waals surface area (Å²) in [5.41, 5.74) is 0.896. The second-order valence-corrected chi connectivity index (χ2v) is 7.17. The maximum Gasteiger partial charge on any atom is 0.333 e. The third-order valence-electron chi connectivity index (χ3n) is 3.79. The predicted molar refractivity (Wildman–Crippen MR) is 89.2 cm³/mol. The molecule has 0 radical (unpaired) electrons. The Kier molecular flexibility index (Phi) is 4.58. The minimum Gasteiger partial charge on any atom is -0.330 e. The third-order valence-corrected chi connectivity index (χ3v) is 4.71. The Hall–Kier alpha value is -3.04. The van der Waals surface area contributed by atoms with Gasteiger partial charge in [0.2, 0.25) is 10.0 Å². The van der Waals surface area contributed by atoms with Crippen LogP contribution < -0.4 is 5.14 Å². The first-order valence-electron chi connectivity index (χ1n) is 7.58. The van der Waals surface area contributed by atoms with E-state index >= 15 is 0 Å². The van der Waals surface area contributed by atoms with Crippen LogP contribution in [0, 0.1) is 0 Å². The Morgan fingerprint density at radius 2 is 1.62 bits per heavy atom. The standard InChI is InChI=1S/C17H14N2O6S/c18-26(23,24)12-5-3-4-11(10-12)8-9-15(20)25-19-16(21)13-6-1-2-7-14(13)17(19)22/h1-7,10H,8-9H2,(H2,18,23,24). The Morgan fingerprint density at radius 1 is 1.00 bits per heavy atom. The third kappa shape index (κ3) is 3.48. The molecule has 0 unspecified atom stereocenters. The molecule has 1 heterocycles. The molecule has 8 nitrogen and oxygen atoms in total. The summed E-state index contributed by atoms with van der Waals surface area (Å²) < 4.78 is 22.7. The zero-order valence-electron chi connectivity index (χ0n) is 13.4. The smallest absolute Gasteiger partial charge is 0.330 e. The van der Waals surface area contributed by atoms with Crippen LogP contribution in [0.15, 0.2) is 53.4 Å². The topological polar surface area (TPSA) is 124 Å². The maximum absolute atomic E-state index is 12.1. The van der Waals surface area contributed by atoms with Crippen molar-refractivity contribution >= 4 is 27.8 Å². The molecule has 26 heavy (non-hydrogen) atoms. The van der Waals surface area contributed by atoms with Gasteiger partial charge < -0.3 is 4.84 Å². The summed E-state index contributed by atoms with van der Waals surface area (Å²) in [5, 5.41) is 5.50. The van der Waals surface area contributed by atoms with Crippen molar-refractivity contribution in [2.24, 2.45) is 5.14 Å². The lowest BCUT2D eigenvalue weighted by Gasteiger charge is -2.12. The minimum absolute atomic E-state index is 0.0660. The van der Waals surface area contributed by atoms with E-state index < -0.39 is 27.8 Å². The number of hydrogen-bond acceptors (Lipinski definition) is 6. The lowest BCUT2D eigenvalue weighted by atomic mass is 10.1. The number of hydrogen-bond donors (Lipinski definition) is 1. The molecule has 2 aromatic carbocycles. The van der Waals surface area contributed by atoms with E-state index in [0.29, 0.717) is 10.6 Å². The van der Waals surface area contributed by atoms with Crippen LogP contribution >= 0.6 is 0 Å². The highest BCUT2D eigenvalue weighted by atomic mass is 32.2. The number of carbonyl (C=O) groups is 3. The molecule has 0 spiro atoms. The summed E-state index contributed by atoms with van der Waals surface area (Å²) >= 11 is 0. The van der Waals surface area contributed by atoms with Crippen molar-refractivity contribution in [3.05, 3.63) is 65.2 Å². The molecule has 0 fully saturated rings. The van der Waals surface area contributed by atoms with E-state index in [-0.39, 0.29) is 28.9 Å². The van der Waals surface area contributed by atoms with E-state index in [2.05, 4.69) is 0 Å². The number of rotatable bonds is 5. The SMILES string of the molecule is NS(=O)(=O)c1cccc(CCC(=O)ON2C(=O)c3ccccc3C2=O)c1. The molecule has 2 N–H and O–H groups in total. The highest BCUT2D eigenvalue weighted by Gasteiger charge is 2.38. The Labute approximate surface area is 149 Å². The van der Waals surface area contributed by atoms with Crippen molar-refractivity contribution in [1.82, 2.24) is 5.06 Å². The fourth-order valence-electron chi connectivity index (χ4n) is 2.52. The van der Waals surface area contributed by atoms with Gasteiger partial charge in [0.25, 0.3) is 11.8 Å². The van der Waals surface area contributed by atoms with Gasteiger partial charge in [-0.05, 0) is 36.2 Å². The first-order valence-corrected chi connectivity index (χ1v) is 9.12. The lowest BCUT2D eigenvalue weighted by Crippen LogP contribution is -2.32. The molecule has 1 aliphatic rings. The number of hydroxylamine groups is 2. The molecule has 1 aliphatic heterocycles. The molecule has 0 saturated carbocycles. The van der Waals surface area contributed by atoms with E-state index in [1.807, 2.05) is 0 Å². The number of sulfonamides is 1. The number of fused-ring (bicyclic) bond motifs is 1. The van der Waals surface area contributed by atoms with Gasteiger partial charge >= 0.3 is 5.97 Å². The Balaban J connectivity index is 1.64. The lowest BCUT2D eigenvalue weighted by molar-refractivity contribution is -0.168. The second-order valence-electron chi connectivity index (χ2n) is 5.61. The van der Waals surface area contributed by atoms with Crippen LogP contribution in [0.2, 0.25) is 0 Å². The zero-order valence-corrected chi connectivity index (χ0v) is 14.2. The molecule has 2 amide bonds. The molecule has 3 rings (SSSR count). The molecular formula is C17H14N2O6S. The van der Waals surface area contributed by atoms with E-state index in [9.17, 15) is 22.8 Å². The first-order chi connectivity index (χ1) is 12.3. The maximum atomic E-state index is 12.1. The summed E-state index contributed by atoms with van der Waals surface area (Å²) in [6, 6.07) is 12.0. The van der Waals surface area contributed by atoms with Crippen LogP contribution in [-0.2, 0) is 26.1 Å². The van der Waals surface area contributed by atoms with Crippen LogP contribution in [0.4, 0.5) is 0 Å². The molecule has 0 bridgehead atoms. The number of aryl methyl sites for hydroxylation is 1. The number of primary sulfonamides is 1. The largest absolute Gasteiger partial charge is 0.333 e. The zero-order chi connectivity index (χ0) is 18.9. The van der Waals surface area contributed by atoms with Gasteiger partial charge in [-0.3, -0.25) is 9.59 Å². The van der Waals surface area contributed by atoms with Gasteiger partial charge in [0.1, 0.15) is 0 Å². The van der Waals surface area contributed by atoms with Gasteiger partial charge in [0.05, 0.1) is 22.4 Å². The van der Waals surface area contributed by atoms with Crippen LogP contribution in [0.25, 0.3) is 0 Å². The first kappa shape index (κ1) is 17.8. The normalized spacial score (nSPS) is 13.7. The summed E-state index contributed by atoms with van der Waals surface area (Å²) in [6.07, 6.45) is 0.00679. The van der Waals surface area contributed by atoms with Crippen LogP contribution in [0.3, 0.4) is 0 Å². The fourth-order valence-corrected chi connectivity index (χ4v) is 3.11. The molecule has 0 aromatic heterocycles. The Bertz CT molecular complexity index is 980.